The van der Waals surface area contributed by atoms with Crippen molar-refractivity contribution in [1.82, 2.24) is 20.9 Å². The van der Waals surface area contributed by atoms with Crippen LogP contribution in [0.15, 0.2) is 0 Å². The number of guanidine groups is 1. The van der Waals surface area contributed by atoms with Gasteiger partial charge >= 0.3 is 0 Å². The molecule has 16 heavy (non-hydrogen) atoms. The lowest BCUT2D eigenvalue weighted by Gasteiger charge is -2.32. The molecule has 5 nitrogen and oxygen atoms in total. The number of piperidine rings is 2. The SMILES string of the molecule is N=C(NN1CCCCC1)NN1CCCCC1. The third-order valence-electron chi connectivity index (χ3n) is 3.25. The number of hydrazine groups is 2. The van der Waals surface area contributed by atoms with Crippen LogP contribution in [-0.4, -0.2) is 42.2 Å². The Bertz CT molecular complexity index is 196. The van der Waals surface area contributed by atoms with Crippen molar-refractivity contribution in [2.75, 3.05) is 26.2 Å². The molecule has 0 amide bonds. The quantitative estimate of drug-likeness (QED) is 0.483. The van der Waals surface area contributed by atoms with Crippen LogP contribution in [0.2, 0.25) is 0 Å². The smallest absolute Gasteiger partial charge is 0.218 e. The highest BCUT2D eigenvalue weighted by Crippen LogP contribution is 2.07. The van der Waals surface area contributed by atoms with Crippen molar-refractivity contribution in [3.63, 3.8) is 0 Å². The lowest BCUT2D eigenvalue weighted by atomic mass is 10.2. The van der Waals surface area contributed by atoms with E-state index < -0.39 is 0 Å². The van der Waals surface area contributed by atoms with E-state index in [1.165, 1.54) is 38.5 Å². The van der Waals surface area contributed by atoms with Gasteiger partial charge in [-0.05, 0) is 25.7 Å². The molecule has 0 spiro atoms. The Morgan fingerprint density at radius 2 is 1.06 bits per heavy atom. The first-order valence-corrected chi connectivity index (χ1v) is 6.46. The first-order chi connectivity index (χ1) is 7.84. The molecule has 0 atom stereocenters. The van der Waals surface area contributed by atoms with E-state index >= 15 is 0 Å². The van der Waals surface area contributed by atoms with Crippen LogP contribution < -0.4 is 10.9 Å². The lowest BCUT2D eigenvalue weighted by Crippen LogP contribution is -2.55. The summed E-state index contributed by atoms with van der Waals surface area (Å²) in [7, 11) is 0. The summed E-state index contributed by atoms with van der Waals surface area (Å²) in [5.41, 5.74) is 6.26. The first-order valence-electron chi connectivity index (χ1n) is 6.46. The molecule has 0 radical (unpaired) electrons. The fraction of sp³-hybridized carbons (Fsp3) is 0.909. The number of nitrogens with one attached hydrogen (secondary N) is 3. The molecule has 2 rings (SSSR count). The Kier molecular flexibility index (Phi) is 4.42. The van der Waals surface area contributed by atoms with E-state index in [1.54, 1.807) is 0 Å². The topological polar surface area (TPSA) is 54.4 Å². The maximum absolute atomic E-state index is 7.86. The van der Waals surface area contributed by atoms with E-state index in [1.807, 2.05) is 0 Å². The molecule has 2 aliphatic heterocycles. The molecule has 92 valence electrons. The van der Waals surface area contributed by atoms with Gasteiger partial charge in [0.1, 0.15) is 0 Å². The average Bonchev–Trinajstić information content (AvgIpc) is 2.31. The molecule has 0 bridgehead atoms. The van der Waals surface area contributed by atoms with Crippen LogP contribution >= 0.6 is 0 Å². The highest BCUT2D eigenvalue weighted by atomic mass is 15.6. The summed E-state index contributed by atoms with van der Waals surface area (Å²) < 4.78 is 0. The number of rotatable bonds is 2. The minimum atomic E-state index is 0.420. The first kappa shape index (κ1) is 11.7. The van der Waals surface area contributed by atoms with Crippen LogP contribution in [0.1, 0.15) is 38.5 Å². The Morgan fingerprint density at radius 1 is 0.688 bits per heavy atom. The monoisotopic (exact) mass is 225 g/mol. The highest BCUT2D eigenvalue weighted by Gasteiger charge is 2.14. The molecule has 2 aliphatic rings. The molecule has 0 saturated carbocycles. The van der Waals surface area contributed by atoms with Crippen molar-refractivity contribution in [3.8, 4) is 0 Å². The van der Waals surface area contributed by atoms with Gasteiger partial charge < -0.3 is 0 Å². The van der Waals surface area contributed by atoms with Gasteiger partial charge in [0.15, 0.2) is 0 Å². The molecule has 2 fully saturated rings. The predicted molar refractivity (Wildman–Crippen MR) is 64.8 cm³/mol. The molecular formula is C11H23N5. The lowest BCUT2D eigenvalue weighted by molar-refractivity contribution is 0.162. The fourth-order valence-electron chi connectivity index (χ4n) is 2.35. The largest absolute Gasteiger partial charge is 0.288 e. The van der Waals surface area contributed by atoms with Gasteiger partial charge in [-0.3, -0.25) is 16.3 Å². The fourth-order valence-corrected chi connectivity index (χ4v) is 2.35. The maximum Gasteiger partial charge on any atom is 0.218 e. The maximum atomic E-state index is 7.86. The van der Waals surface area contributed by atoms with Crippen LogP contribution in [0.3, 0.4) is 0 Å². The summed E-state index contributed by atoms with van der Waals surface area (Å²) in [5, 5.41) is 12.1. The Balaban J connectivity index is 1.66. The number of hydrogen-bond donors (Lipinski definition) is 3. The van der Waals surface area contributed by atoms with Gasteiger partial charge in [0.25, 0.3) is 0 Å². The second-order valence-corrected chi connectivity index (χ2v) is 4.69. The van der Waals surface area contributed by atoms with Crippen LogP contribution in [0.25, 0.3) is 0 Å². The van der Waals surface area contributed by atoms with Crippen molar-refractivity contribution >= 4 is 5.96 Å². The standard InChI is InChI=1S/C11H23N5/c12-11(13-15-7-3-1-4-8-15)14-16-9-5-2-6-10-16/h1-10H2,(H3,12,13,14). The molecule has 0 aromatic heterocycles. The highest BCUT2D eigenvalue weighted by molar-refractivity contribution is 5.75. The van der Waals surface area contributed by atoms with Crippen LogP contribution in [-0.2, 0) is 0 Å². The van der Waals surface area contributed by atoms with Crippen molar-refractivity contribution < 1.29 is 0 Å². The van der Waals surface area contributed by atoms with Gasteiger partial charge in [-0.15, -0.1) is 0 Å². The Labute approximate surface area is 97.6 Å². The summed E-state index contributed by atoms with van der Waals surface area (Å²) in [6, 6.07) is 0. The van der Waals surface area contributed by atoms with Gasteiger partial charge in [0, 0.05) is 26.2 Å². The van der Waals surface area contributed by atoms with E-state index in [0.717, 1.165) is 26.2 Å². The van der Waals surface area contributed by atoms with E-state index in [0.29, 0.717) is 5.96 Å². The summed E-state index contributed by atoms with van der Waals surface area (Å²) in [6.07, 6.45) is 7.61. The van der Waals surface area contributed by atoms with E-state index in [4.69, 9.17) is 5.41 Å². The summed E-state index contributed by atoms with van der Waals surface area (Å²) in [4.78, 5) is 0. The zero-order chi connectivity index (χ0) is 11.2. The molecule has 5 heteroatoms. The third kappa shape index (κ3) is 3.64. The van der Waals surface area contributed by atoms with Crippen LogP contribution in [0, 0.1) is 5.41 Å². The third-order valence-corrected chi connectivity index (χ3v) is 3.25. The molecule has 0 unspecified atom stereocenters. The Hall–Kier alpha value is -0.810. The van der Waals surface area contributed by atoms with Gasteiger partial charge in [-0.25, -0.2) is 10.0 Å². The van der Waals surface area contributed by atoms with E-state index in [9.17, 15) is 0 Å². The van der Waals surface area contributed by atoms with Crippen LogP contribution in [0.4, 0.5) is 0 Å². The normalized spacial score (nSPS) is 24.0. The molecule has 2 heterocycles. The molecule has 0 aromatic rings. The van der Waals surface area contributed by atoms with Crippen molar-refractivity contribution in [3.05, 3.63) is 0 Å². The van der Waals surface area contributed by atoms with Crippen molar-refractivity contribution in [2.24, 2.45) is 0 Å². The minimum Gasteiger partial charge on any atom is -0.288 e. The van der Waals surface area contributed by atoms with Gasteiger partial charge in [-0.2, -0.15) is 0 Å². The molecule has 0 aromatic carbocycles. The van der Waals surface area contributed by atoms with E-state index in [-0.39, 0.29) is 0 Å². The Morgan fingerprint density at radius 3 is 1.44 bits per heavy atom. The molecule has 2 saturated heterocycles. The van der Waals surface area contributed by atoms with Crippen molar-refractivity contribution in [1.29, 1.82) is 5.41 Å². The number of hydrogen-bond acceptors (Lipinski definition) is 3. The molecular weight excluding hydrogens is 202 g/mol. The van der Waals surface area contributed by atoms with Gasteiger partial charge in [0.2, 0.25) is 5.96 Å². The number of nitrogens with zero attached hydrogens (tertiary/aromatic N) is 2. The second kappa shape index (κ2) is 6.06. The van der Waals surface area contributed by atoms with Gasteiger partial charge in [-0.1, -0.05) is 12.8 Å². The summed E-state index contributed by atoms with van der Waals surface area (Å²) in [6.45, 7) is 4.24. The minimum absolute atomic E-state index is 0.420. The summed E-state index contributed by atoms with van der Waals surface area (Å²) in [5.74, 6) is 0.420. The van der Waals surface area contributed by atoms with Gasteiger partial charge in [0.05, 0.1) is 0 Å². The summed E-state index contributed by atoms with van der Waals surface area (Å²) >= 11 is 0. The second-order valence-electron chi connectivity index (χ2n) is 4.69. The molecule has 3 N–H and O–H groups in total. The molecule has 0 aliphatic carbocycles. The van der Waals surface area contributed by atoms with E-state index in [2.05, 4.69) is 20.9 Å². The van der Waals surface area contributed by atoms with Crippen molar-refractivity contribution in [2.45, 2.75) is 38.5 Å². The van der Waals surface area contributed by atoms with Crippen LogP contribution in [0.5, 0.6) is 0 Å². The average molecular weight is 225 g/mol. The zero-order valence-corrected chi connectivity index (χ0v) is 9.97. The predicted octanol–water partition coefficient (Wildman–Crippen LogP) is 0.902. The zero-order valence-electron chi connectivity index (χ0n) is 9.97.